The maximum Gasteiger partial charge on any atom is 0.0973 e. The second-order valence-corrected chi connectivity index (χ2v) is 8.31. The summed E-state index contributed by atoms with van der Waals surface area (Å²) in [7, 11) is 0. The largest absolute Gasteiger partial charge is 0.381 e. The predicted octanol–water partition coefficient (Wildman–Crippen LogP) is 8.26. The zero-order valence-corrected chi connectivity index (χ0v) is 17.7. The van der Waals surface area contributed by atoms with E-state index >= 15 is 0 Å². The summed E-state index contributed by atoms with van der Waals surface area (Å²) in [6.45, 7) is 8.07. The van der Waals surface area contributed by atoms with Crippen LogP contribution >= 0.6 is 0 Å². The minimum atomic E-state index is -0.608. The molecule has 0 saturated heterocycles. The second-order valence-electron chi connectivity index (χ2n) is 8.31. The predicted molar refractivity (Wildman–Crippen MR) is 110 cm³/mol. The van der Waals surface area contributed by atoms with Gasteiger partial charge in [-0.15, -0.1) is 0 Å². The third kappa shape index (κ3) is 23.9. The fraction of sp³-hybridized carbons (Fsp3) is 1.00. The van der Waals surface area contributed by atoms with Crippen LogP contribution in [-0.4, -0.2) is 19.4 Å². The normalized spacial score (nSPS) is 12.8. The van der Waals surface area contributed by atoms with Gasteiger partial charge in [0.2, 0.25) is 0 Å². The Hall–Kier alpha value is -0.110. The molecule has 0 N–H and O–H groups in total. The van der Waals surface area contributed by atoms with Crippen LogP contribution in [0.15, 0.2) is 0 Å². The van der Waals surface area contributed by atoms with Crippen molar-refractivity contribution in [3.63, 3.8) is 0 Å². The van der Waals surface area contributed by atoms with Crippen LogP contribution in [0.25, 0.3) is 0 Å². The van der Waals surface area contributed by atoms with Crippen molar-refractivity contribution in [1.82, 2.24) is 0 Å². The van der Waals surface area contributed by atoms with Crippen LogP contribution in [0.2, 0.25) is 0 Å². The Balaban J connectivity index is 2.98. The molecule has 0 bridgehead atoms. The zero-order valence-electron chi connectivity index (χ0n) is 17.7. The lowest BCUT2D eigenvalue weighted by Crippen LogP contribution is -2.00. The Labute approximate surface area is 158 Å². The summed E-state index contributed by atoms with van der Waals surface area (Å²) in [5.41, 5.74) is 0. The maximum atomic E-state index is 12.6. The molecular weight excluding hydrogens is 311 g/mol. The molecule has 0 aromatic rings. The van der Waals surface area contributed by atoms with Crippen LogP contribution < -0.4 is 0 Å². The van der Waals surface area contributed by atoms with Crippen LogP contribution in [0.3, 0.4) is 0 Å². The highest BCUT2D eigenvalue weighted by molar-refractivity contribution is 4.52. The van der Waals surface area contributed by atoms with Gasteiger partial charge in [-0.3, -0.25) is 0 Å². The first-order chi connectivity index (χ1) is 12.1. The van der Waals surface area contributed by atoms with E-state index in [4.69, 9.17) is 4.74 Å². The Morgan fingerprint density at radius 2 is 0.920 bits per heavy atom. The minimum absolute atomic E-state index is 0.608. The van der Waals surface area contributed by atoms with Crippen LogP contribution in [0, 0.1) is 5.92 Å². The van der Waals surface area contributed by atoms with E-state index in [0.717, 1.165) is 32.0 Å². The van der Waals surface area contributed by atoms with E-state index in [-0.39, 0.29) is 0 Å². The maximum absolute atomic E-state index is 12.6. The molecule has 0 heterocycles. The molecule has 1 atom stereocenters. The van der Waals surface area contributed by atoms with Gasteiger partial charge in [0.05, 0.1) is 6.17 Å². The molecule has 2 heteroatoms. The lowest BCUT2D eigenvalue weighted by Gasteiger charge is -2.06. The molecule has 25 heavy (non-hydrogen) atoms. The number of rotatable bonds is 20. The van der Waals surface area contributed by atoms with Gasteiger partial charge in [-0.05, 0) is 32.1 Å². The van der Waals surface area contributed by atoms with Crippen LogP contribution in [0.5, 0.6) is 0 Å². The van der Waals surface area contributed by atoms with E-state index in [1.165, 1.54) is 89.9 Å². The minimum Gasteiger partial charge on any atom is -0.381 e. The van der Waals surface area contributed by atoms with Gasteiger partial charge in [0.1, 0.15) is 0 Å². The van der Waals surface area contributed by atoms with Gasteiger partial charge in [0.25, 0.3) is 0 Å². The molecule has 0 aliphatic rings. The average molecular weight is 359 g/mol. The third-order valence-corrected chi connectivity index (χ3v) is 4.98. The van der Waals surface area contributed by atoms with Crippen LogP contribution in [0.1, 0.15) is 124 Å². The average Bonchev–Trinajstić information content (AvgIpc) is 2.56. The van der Waals surface area contributed by atoms with Crippen LogP contribution in [-0.2, 0) is 4.74 Å². The van der Waals surface area contributed by atoms with Gasteiger partial charge in [0.15, 0.2) is 0 Å². The monoisotopic (exact) mass is 358 g/mol. The molecule has 0 amide bonds. The van der Waals surface area contributed by atoms with E-state index in [0.29, 0.717) is 0 Å². The van der Waals surface area contributed by atoms with E-state index in [1.54, 1.807) is 6.92 Å². The van der Waals surface area contributed by atoms with Crippen LogP contribution in [0.4, 0.5) is 4.39 Å². The molecule has 0 aromatic carbocycles. The molecule has 0 aromatic heterocycles. The second kappa shape index (κ2) is 20.2. The van der Waals surface area contributed by atoms with Crippen molar-refractivity contribution in [2.24, 2.45) is 5.92 Å². The summed E-state index contributed by atoms with van der Waals surface area (Å²) >= 11 is 0. The Morgan fingerprint density at radius 1 is 0.520 bits per heavy atom. The number of unbranched alkanes of at least 4 members (excludes halogenated alkanes) is 13. The van der Waals surface area contributed by atoms with Crippen molar-refractivity contribution in [1.29, 1.82) is 0 Å². The van der Waals surface area contributed by atoms with Crippen molar-refractivity contribution >= 4 is 0 Å². The summed E-state index contributed by atoms with van der Waals surface area (Å²) < 4.78 is 18.3. The lowest BCUT2D eigenvalue weighted by molar-refractivity contribution is 0.119. The van der Waals surface area contributed by atoms with Crippen molar-refractivity contribution in [3.8, 4) is 0 Å². The lowest BCUT2D eigenvalue weighted by atomic mass is 10.0. The molecule has 152 valence electrons. The topological polar surface area (TPSA) is 9.23 Å². The highest BCUT2D eigenvalue weighted by Crippen LogP contribution is 2.14. The number of hydrogen-bond donors (Lipinski definition) is 0. The quantitative estimate of drug-likeness (QED) is 0.199. The van der Waals surface area contributed by atoms with Crippen molar-refractivity contribution in [2.45, 2.75) is 130 Å². The molecule has 1 unspecified atom stereocenters. The van der Waals surface area contributed by atoms with E-state index in [2.05, 4.69) is 13.8 Å². The Morgan fingerprint density at radius 3 is 1.32 bits per heavy atom. The highest BCUT2D eigenvalue weighted by atomic mass is 19.1. The summed E-state index contributed by atoms with van der Waals surface area (Å²) in [6, 6.07) is 0. The van der Waals surface area contributed by atoms with Gasteiger partial charge in [0, 0.05) is 13.2 Å². The molecule has 1 nitrogen and oxygen atoms in total. The zero-order chi connectivity index (χ0) is 18.6. The molecular formula is C23H47FO. The standard InChI is InChI=1S/C23H47FO/c1-22(2)19-21-25-20-17-15-13-11-9-7-5-4-6-8-10-12-14-16-18-23(3)24/h22-23H,4-21H2,1-3H3. The Kier molecular flexibility index (Phi) is 20.1. The van der Waals surface area contributed by atoms with E-state index < -0.39 is 6.17 Å². The van der Waals surface area contributed by atoms with E-state index in [1.807, 2.05) is 0 Å². The molecule has 0 aliphatic carbocycles. The summed E-state index contributed by atoms with van der Waals surface area (Å²) in [6.07, 6.45) is 20.1. The van der Waals surface area contributed by atoms with Gasteiger partial charge in [-0.2, -0.15) is 0 Å². The van der Waals surface area contributed by atoms with E-state index in [9.17, 15) is 4.39 Å². The Bertz CT molecular complexity index is 216. The van der Waals surface area contributed by atoms with Gasteiger partial charge in [-0.1, -0.05) is 97.3 Å². The highest BCUT2D eigenvalue weighted by Gasteiger charge is 1.98. The fourth-order valence-electron chi connectivity index (χ4n) is 3.17. The first-order valence-electron chi connectivity index (χ1n) is 11.3. The first kappa shape index (κ1) is 24.9. The number of ether oxygens (including phenoxy) is 1. The molecule has 0 aliphatic heterocycles. The third-order valence-electron chi connectivity index (χ3n) is 4.98. The molecule has 0 radical (unpaired) electrons. The molecule has 0 fully saturated rings. The van der Waals surface area contributed by atoms with Crippen molar-refractivity contribution < 1.29 is 9.13 Å². The number of halogens is 1. The first-order valence-corrected chi connectivity index (χ1v) is 11.3. The fourth-order valence-corrected chi connectivity index (χ4v) is 3.17. The number of alkyl halides is 1. The van der Waals surface area contributed by atoms with Gasteiger partial charge in [-0.25, -0.2) is 4.39 Å². The van der Waals surface area contributed by atoms with Gasteiger partial charge < -0.3 is 4.74 Å². The van der Waals surface area contributed by atoms with Crippen molar-refractivity contribution in [3.05, 3.63) is 0 Å². The van der Waals surface area contributed by atoms with Gasteiger partial charge >= 0.3 is 0 Å². The molecule has 0 spiro atoms. The molecule has 0 saturated carbocycles. The van der Waals surface area contributed by atoms with Crippen molar-refractivity contribution in [2.75, 3.05) is 13.2 Å². The number of hydrogen-bond acceptors (Lipinski definition) is 1. The summed E-state index contributed by atoms with van der Waals surface area (Å²) in [5.74, 6) is 0.760. The molecule has 0 rings (SSSR count). The summed E-state index contributed by atoms with van der Waals surface area (Å²) in [5, 5.41) is 0. The SMILES string of the molecule is CC(C)CCOCCCCCCCCCCCCCCCCC(C)F. The summed E-state index contributed by atoms with van der Waals surface area (Å²) in [4.78, 5) is 0. The smallest absolute Gasteiger partial charge is 0.0973 e.